The van der Waals surface area contributed by atoms with Gasteiger partial charge in [-0.25, -0.2) is 0 Å². The molecule has 0 radical (unpaired) electrons. The summed E-state index contributed by atoms with van der Waals surface area (Å²) in [6.07, 6.45) is 5.17. The molecule has 0 N–H and O–H groups in total. The number of hydrogen-bond donors (Lipinski definition) is 0. The van der Waals surface area contributed by atoms with Crippen molar-refractivity contribution in [1.29, 1.82) is 0 Å². The molecule has 1 aliphatic rings. The number of amides is 1. The van der Waals surface area contributed by atoms with E-state index in [-0.39, 0.29) is 12.0 Å². The van der Waals surface area contributed by atoms with Gasteiger partial charge < -0.3 is 14.1 Å². The van der Waals surface area contributed by atoms with Gasteiger partial charge in [0.05, 0.1) is 6.20 Å². The van der Waals surface area contributed by atoms with E-state index in [0.717, 1.165) is 40.7 Å². The van der Waals surface area contributed by atoms with Gasteiger partial charge in [0.25, 0.3) is 5.91 Å². The number of hydrogen-bond acceptors (Lipinski definition) is 4. The second kappa shape index (κ2) is 6.83. The van der Waals surface area contributed by atoms with Gasteiger partial charge in [0.2, 0.25) is 0 Å². The van der Waals surface area contributed by atoms with Gasteiger partial charge in [-0.05, 0) is 37.6 Å². The number of ether oxygens (including phenoxy) is 1. The first kappa shape index (κ1) is 16.6. The Morgan fingerprint density at radius 2 is 2.04 bits per heavy atom. The van der Waals surface area contributed by atoms with E-state index < -0.39 is 0 Å². The summed E-state index contributed by atoms with van der Waals surface area (Å²) in [5.41, 5.74) is 2.82. The smallest absolute Gasteiger partial charge is 0.289 e. The molecule has 3 aromatic rings. The van der Waals surface area contributed by atoms with E-state index in [0.29, 0.717) is 18.8 Å². The number of likely N-dealkylation sites (tertiary alicyclic amines) is 1. The Hall–Kier alpha value is -2.82. The quantitative estimate of drug-likeness (QED) is 0.713. The Kier molecular flexibility index (Phi) is 4.37. The number of nitrogens with zero attached hydrogens (tertiary/aromatic N) is 2. The lowest BCUT2D eigenvalue weighted by molar-refractivity contribution is 0.0567. The molecule has 4 rings (SSSR count). The Morgan fingerprint density at radius 3 is 2.77 bits per heavy atom. The van der Waals surface area contributed by atoms with Crippen molar-refractivity contribution in [3.8, 4) is 5.75 Å². The number of aromatic nitrogens is 1. The zero-order valence-electron chi connectivity index (χ0n) is 15.1. The SMILES string of the molecule is Cc1ccc2c(C)c(C(=O)N3CCC(Oc4cccnc4)CC3)oc2c1. The first-order valence-electron chi connectivity index (χ1n) is 8.97. The normalized spacial score (nSPS) is 15.4. The van der Waals surface area contributed by atoms with Crippen molar-refractivity contribution in [2.24, 2.45) is 0 Å². The van der Waals surface area contributed by atoms with Crippen LogP contribution >= 0.6 is 0 Å². The van der Waals surface area contributed by atoms with Crippen LogP contribution in [-0.2, 0) is 0 Å². The number of aryl methyl sites for hydroxylation is 2. The van der Waals surface area contributed by atoms with Crippen molar-refractivity contribution in [2.75, 3.05) is 13.1 Å². The van der Waals surface area contributed by atoms with E-state index in [9.17, 15) is 4.79 Å². The van der Waals surface area contributed by atoms with Gasteiger partial charge in [-0.15, -0.1) is 0 Å². The fourth-order valence-corrected chi connectivity index (χ4v) is 3.47. The highest BCUT2D eigenvalue weighted by molar-refractivity contribution is 5.99. The van der Waals surface area contributed by atoms with E-state index in [1.807, 2.05) is 49.1 Å². The Balaban J connectivity index is 1.44. The van der Waals surface area contributed by atoms with Crippen LogP contribution in [0.5, 0.6) is 5.75 Å². The van der Waals surface area contributed by atoms with Crippen molar-refractivity contribution in [3.63, 3.8) is 0 Å². The Morgan fingerprint density at radius 1 is 1.23 bits per heavy atom. The van der Waals surface area contributed by atoms with Gasteiger partial charge >= 0.3 is 0 Å². The molecule has 0 unspecified atom stereocenters. The molecule has 0 atom stereocenters. The monoisotopic (exact) mass is 350 g/mol. The average Bonchev–Trinajstić information content (AvgIpc) is 2.98. The molecule has 0 saturated carbocycles. The molecular formula is C21H22N2O3. The van der Waals surface area contributed by atoms with Gasteiger partial charge in [-0.3, -0.25) is 9.78 Å². The third-order valence-corrected chi connectivity index (χ3v) is 4.95. The van der Waals surface area contributed by atoms with Gasteiger partial charge in [-0.2, -0.15) is 0 Å². The summed E-state index contributed by atoms with van der Waals surface area (Å²) in [4.78, 5) is 18.9. The van der Waals surface area contributed by atoms with Gasteiger partial charge in [0, 0.05) is 43.1 Å². The molecule has 1 aromatic carbocycles. The molecular weight excluding hydrogens is 328 g/mol. The third-order valence-electron chi connectivity index (χ3n) is 4.95. The largest absolute Gasteiger partial charge is 0.489 e. The van der Waals surface area contributed by atoms with Crippen LogP contribution in [0, 0.1) is 13.8 Å². The fourth-order valence-electron chi connectivity index (χ4n) is 3.47. The molecule has 26 heavy (non-hydrogen) atoms. The lowest BCUT2D eigenvalue weighted by Crippen LogP contribution is -2.41. The van der Waals surface area contributed by atoms with Crippen molar-refractivity contribution in [1.82, 2.24) is 9.88 Å². The molecule has 1 saturated heterocycles. The van der Waals surface area contributed by atoms with Crippen LogP contribution in [0.4, 0.5) is 0 Å². The molecule has 1 aliphatic heterocycles. The topological polar surface area (TPSA) is 55.6 Å². The second-order valence-electron chi connectivity index (χ2n) is 6.85. The molecule has 1 fully saturated rings. The van der Waals surface area contributed by atoms with E-state index >= 15 is 0 Å². The first-order valence-corrected chi connectivity index (χ1v) is 8.97. The summed E-state index contributed by atoms with van der Waals surface area (Å²) >= 11 is 0. The standard InChI is InChI=1S/C21H22N2O3/c1-14-5-6-18-15(2)20(26-19(18)12-14)21(24)23-10-7-16(8-11-23)25-17-4-3-9-22-13-17/h3-6,9,12-13,16H,7-8,10-11H2,1-2H3. The third kappa shape index (κ3) is 3.17. The minimum absolute atomic E-state index is 0.0313. The molecule has 5 heteroatoms. The van der Waals surface area contributed by atoms with Gasteiger partial charge in [-0.1, -0.05) is 12.1 Å². The van der Waals surface area contributed by atoms with Gasteiger partial charge in [0.15, 0.2) is 5.76 Å². The number of carbonyl (C=O) groups excluding carboxylic acids is 1. The van der Waals surface area contributed by atoms with Crippen LogP contribution < -0.4 is 4.74 Å². The number of rotatable bonds is 3. The highest BCUT2D eigenvalue weighted by atomic mass is 16.5. The maximum Gasteiger partial charge on any atom is 0.289 e. The van der Waals surface area contributed by atoms with Crippen LogP contribution in [0.3, 0.4) is 0 Å². The zero-order valence-corrected chi connectivity index (χ0v) is 15.1. The number of pyridine rings is 1. The predicted molar refractivity (Wildman–Crippen MR) is 99.5 cm³/mol. The summed E-state index contributed by atoms with van der Waals surface area (Å²) < 4.78 is 11.8. The Labute approximate surface area is 152 Å². The Bertz CT molecular complexity index is 925. The number of fused-ring (bicyclic) bond motifs is 1. The molecule has 0 spiro atoms. The minimum atomic E-state index is -0.0313. The average molecular weight is 350 g/mol. The van der Waals surface area contributed by atoms with E-state index in [1.54, 1.807) is 12.4 Å². The van der Waals surface area contributed by atoms with E-state index in [2.05, 4.69) is 4.98 Å². The second-order valence-corrected chi connectivity index (χ2v) is 6.85. The van der Waals surface area contributed by atoms with Crippen LogP contribution in [0.2, 0.25) is 0 Å². The zero-order chi connectivity index (χ0) is 18.1. The van der Waals surface area contributed by atoms with Crippen LogP contribution in [0.1, 0.15) is 34.5 Å². The van der Waals surface area contributed by atoms with Crippen molar-refractivity contribution in [2.45, 2.75) is 32.8 Å². The highest BCUT2D eigenvalue weighted by Crippen LogP contribution is 2.28. The van der Waals surface area contributed by atoms with Crippen molar-refractivity contribution < 1.29 is 13.9 Å². The first-order chi connectivity index (χ1) is 12.6. The summed E-state index contributed by atoms with van der Waals surface area (Å²) in [5.74, 6) is 1.20. The maximum atomic E-state index is 12.9. The molecule has 1 amide bonds. The van der Waals surface area contributed by atoms with Crippen molar-refractivity contribution in [3.05, 3.63) is 59.6 Å². The summed E-state index contributed by atoms with van der Waals surface area (Å²) in [6, 6.07) is 9.81. The van der Waals surface area contributed by atoms with E-state index in [1.165, 1.54) is 0 Å². The summed E-state index contributed by atoms with van der Waals surface area (Å²) in [7, 11) is 0. The number of carbonyl (C=O) groups is 1. The number of piperidine rings is 1. The number of furan rings is 1. The minimum Gasteiger partial charge on any atom is -0.489 e. The maximum absolute atomic E-state index is 12.9. The van der Waals surface area contributed by atoms with Crippen LogP contribution in [-0.4, -0.2) is 35.0 Å². The molecule has 3 heterocycles. The molecule has 5 nitrogen and oxygen atoms in total. The predicted octanol–water partition coefficient (Wildman–Crippen LogP) is 4.13. The molecule has 0 aliphatic carbocycles. The van der Waals surface area contributed by atoms with Crippen LogP contribution in [0.25, 0.3) is 11.0 Å². The lowest BCUT2D eigenvalue weighted by Gasteiger charge is -2.31. The van der Waals surface area contributed by atoms with Gasteiger partial charge in [0.1, 0.15) is 17.4 Å². The fraction of sp³-hybridized carbons (Fsp3) is 0.333. The highest BCUT2D eigenvalue weighted by Gasteiger charge is 2.28. The molecule has 134 valence electrons. The van der Waals surface area contributed by atoms with Crippen LogP contribution in [0.15, 0.2) is 47.1 Å². The van der Waals surface area contributed by atoms with E-state index in [4.69, 9.17) is 9.15 Å². The summed E-state index contributed by atoms with van der Waals surface area (Å²) in [5, 5.41) is 1.01. The summed E-state index contributed by atoms with van der Waals surface area (Å²) in [6.45, 7) is 5.30. The lowest BCUT2D eigenvalue weighted by atomic mass is 10.1. The molecule has 2 aromatic heterocycles. The molecule has 0 bridgehead atoms. The van der Waals surface area contributed by atoms with Crippen molar-refractivity contribution >= 4 is 16.9 Å². The number of benzene rings is 1.